The van der Waals surface area contributed by atoms with Crippen molar-refractivity contribution >= 4 is 11.9 Å². The Bertz CT molecular complexity index is 389. The standard InChI is InChI=1S/C10H14N5O2/c1-12-9(8-11)13-17-10(14(2)3)15-4-6-16-7-5-15/h4-7H2,2-3H3/q+1. The number of rotatable bonds is 1. The predicted molar refractivity (Wildman–Crippen MR) is 60.2 cm³/mol. The molecule has 1 saturated heterocycles. The lowest BCUT2D eigenvalue weighted by Crippen LogP contribution is -2.44. The largest absolute Gasteiger partial charge is 0.492 e. The number of hydrogen-bond donors (Lipinski definition) is 0. The molecule has 7 heteroatoms. The summed E-state index contributed by atoms with van der Waals surface area (Å²) < 4.78 is 6.98. The summed E-state index contributed by atoms with van der Waals surface area (Å²) >= 11 is 0. The van der Waals surface area contributed by atoms with Gasteiger partial charge in [-0.2, -0.15) is 4.84 Å². The maximum absolute atomic E-state index is 8.56. The van der Waals surface area contributed by atoms with Crippen LogP contribution in [0.4, 0.5) is 0 Å². The third-order valence-electron chi connectivity index (χ3n) is 2.08. The zero-order valence-corrected chi connectivity index (χ0v) is 9.88. The number of morpholine rings is 1. The van der Waals surface area contributed by atoms with Crippen molar-refractivity contribution in [3.8, 4) is 6.07 Å². The Hall–Kier alpha value is -2.12. The van der Waals surface area contributed by atoms with E-state index in [0.717, 1.165) is 0 Å². The van der Waals surface area contributed by atoms with Crippen LogP contribution in [0.3, 0.4) is 0 Å². The van der Waals surface area contributed by atoms with Crippen molar-refractivity contribution in [3.63, 3.8) is 0 Å². The van der Waals surface area contributed by atoms with Gasteiger partial charge < -0.3 is 9.58 Å². The average molecular weight is 236 g/mol. The first-order chi connectivity index (χ1) is 8.19. The van der Waals surface area contributed by atoms with E-state index in [1.807, 2.05) is 19.0 Å². The first-order valence-corrected chi connectivity index (χ1v) is 5.08. The van der Waals surface area contributed by atoms with Crippen LogP contribution >= 0.6 is 0 Å². The average Bonchev–Trinajstić information content (AvgIpc) is 2.35. The number of ether oxygens (including phenoxy) is 1. The van der Waals surface area contributed by atoms with Crippen molar-refractivity contribution in [1.29, 1.82) is 5.26 Å². The molecule has 0 radical (unpaired) electrons. The van der Waals surface area contributed by atoms with Gasteiger partial charge in [0.25, 0.3) is 0 Å². The van der Waals surface area contributed by atoms with E-state index in [-0.39, 0.29) is 5.84 Å². The van der Waals surface area contributed by atoms with Crippen LogP contribution in [0.25, 0.3) is 4.85 Å². The maximum Gasteiger partial charge on any atom is 0.492 e. The van der Waals surface area contributed by atoms with Crippen LogP contribution in [-0.2, 0) is 9.57 Å². The minimum atomic E-state index is -0.322. The third-order valence-corrected chi connectivity index (χ3v) is 2.08. The van der Waals surface area contributed by atoms with Crippen molar-refractivity contribution in [2.75, 3.05) is 40.4 Å². The predicted octanol–water partition coefficient (Wildman–Crippen LogP) is -0.280. The maximum atomic E-state index is 8.56. The van der Waals surface area contributed by atoms with Gasteiger partial charge in [0.1, 0.15) is 19.2 Å². The van der Waals surface area contributed by atoms with Gasteiger partial charge in [-0.1, -0.05) is 6.57 Å². The van der Waals surface area contributed by atoms with Crippen LogP contribution in [0, 0.1) is 17.9 Å². The van der Waals surface area contributed by atoms with Gasteiger partial charge in [-0.15, -0.1) is 0 Å². The Morgan fingerprint density at radius 3 is 2.65 bits per heavy atom. The van der Waals surface area contributed by atoms with E-state index < -0.39 is 0 Å². The summed E-state index contributed by atoms with van der Waals surface area (Å²) in [6.45, 7) is 9.33. The number of oxime groups is 1. The van der Waals surface area contributed by atoms with Gasteiger partial charge in [0.15, 0.2) is 0 Å². The van der Waals surface area contributed by atoms with Gasteiger partial charge >= 0.3 is 11.9 Å². The Kier molecular flexibility index (Phi) is 4.92. The first kappa shape index (κ1) is 12.9. The second-order valence-corrected chi connectivity index (χ2v) is 3.51. The molecule has 0 saturated carbocycles. The topological polar surface area (TPSA) is 65.2 Å². The molecular weight excluding hydrogens is 222 g/mol. The molecule has 7 nitrogen and oxygen atoms in total. The molecule has 1 heterocycles. The second-order valence-electron chi connectivity index (χ2n) is 3.51. The minimum Gasteiger partial charge on any atom is -0.373 e. The highest BCUT2D eigenvalue weighted by atomic mass is 16.7. The number of amidine groups is 2. The highest BCUT2D eigenvalue weighted by molar-refractivity contribution is 6.03. The Morgan fingerprint density at radius 2 is 2.18 bits per heavy atom. The monoisotopic (exact) mass is 236 g/mol. The SMILES string of the molecule is [C-]#[N+]C(C#N)=NOC(N1CCOCC1)=[N+](C)C. The Morgan fingerprint density at radius 1 is 1.53 bits per heavy atom. The molecule has 0 amide bonds. The van der Waals surface area contributed by atoms with Gasteiger partial charge in [0.2, 0.25) is 0 Å². The molecule has 0 aromatic carbocycles. The number of nitriles is 1. The van der Waals surface area contributed by atoms with Crippen molar-refractivity contribution in [2.45, 2.75) is 0 Å². The first-order valence-electron chi connectivity index (χ1n) is 5.08. The summed E-state index contributed by atoms with van der Waals surface area (Å²) in [6.07, 6.45) is 0. The van der Waals surface area contributed by atoms with Gasteiger partial charge in [0, 0.05) is 0 Å². The highest BCUT2D eigenvalue weighted by Crippen LogP contribution is 2.00. The van der Waals surface area contributed by atoms with E-state index in [1.54, 1.807) is 10.6 Å². The van der Waals surface area contributed by atoms with Crippen LogP contribution in [0.1, 0.15) is 0 Å². The molecule has 17 heavy (non-hydrogen) atoms. The van der Waals surface area contributed by atoms with E-state index in [4.69, 9.17) is 21.4 Å². The molecule has 0 aliphatic carbocycles. The smallest absolute Gasteiger partial charge is 0.373 e. The van der Waals surface area contributed by atoms with E-state index in [1.165, 1.54) is 0 Å². The summed E-state index contributed by atoms with van der Waals surface area (Å²) in [6, 6.07) is 2.15. The summed E-state index contributed by atoms with van der Waals surface area (Å²) in [5.41, 5.74) is 0. The quantitative estimate of drug-likeness (QED) is 0.206. The molecule has 0 atom stereocenters. The van der Waals surface area contributed by atoms with Gasteiger partial charge in [-0.25, -0.2) is 14.7 Å². The second kappa shape index (κ2) is 6.46. The van der Waals surface area contributed by atoms with Crippen molar-refractivity contribution < 1.29 is 14.1 Å². The van der Waals surface area contributed by atoms with E-state index in [0.29, 0.717) is 32.3 Å². The van der Waals surface area contributed by atoms with Gasteiger partial charge in [-0.3, -0.25) is 0 Å². The summed E-state index contributed by atoms with van der Waals surface area (Å²) in [5.74, 6) is -0.322. The summed E-state index contributed by atoms with van der Waals surface area (Å²) in [7, 11) is 3.62. The van der Waals surface area contributed by atoms with Crippen molar-refractivity contribution in [3.05, 3.63) is 11.4 Å². The van der Waals surface area contributed by atoms with Crippen molar-refractivity contribution in [2.24, 2.45) is 5.16 Å². The molecule has 0 aromatic heterocycles. The van der Waals surface area contributed by atoms with Gasteiger partial charge in [0.05, 0.1) is 32.5 Å². The molecule has 0 aromatic rings. The lowest BCUT2D eigenvalue weighted by atomic mass is 10.4. The molecule has 1 rings (SSSR count). The lowest BCUT2D eigenvalue weighted by molar-refractivity contribution is -0.481. The molecule has 0 spiro atoms. The van der Waals surface area contributed by atoms with Crippen LogP contribution in [0.5, 0.6) is 0 Å². The molecule has 1 aliphatic heterocycles. The zero-order chi connectivity index (χ0) is 12.7. The highest BCUT2D eigenvalue weighted by Gasteiger charge is 2.27. The Balaban J connectivity index is 2.76. The molecule has 1 fully saturated rings. The third kappa shape index (κ3) is 3.74. The number of hydrogen-bond acceptors (Lipinski definition) is 4. The van der Waals surface area contributed by atoms with E-state index in [9.17, 15) is 0 Å². The molecule has 0 bridgehead atoms. The van der Waals surface area contributed by atoms with Crippen molar-refractivity contribution in [1.82, 2.24) is 4.90 Å². The molecular formula is C10H14N5O2+. The van der Waals surface area contributed by atoms with E-state index in [2.05, 4.69) is 10.0 Å². The zero-order valence-electron chi connectivity index (χ0n) is 9.88. The molecule has 0 unspecified atom stereocenters. The molecule has 1 aliphatic rings. The van der Waals surface area contributed by atoms with Gasteiger partial charge in [-0.05, 0) is 0 Å². The molecule has 90 valence electrons. The van der Waals surface area contributed by atoms with E-state index >= 15 is 0 Å². The fraction of sp³-hybridized carbons (Fsp3) is 0.600. The fourth-order valence-corrected chi connectivity index (χ4v) is 1.33. The molecule has 0 N–H and O–H groups in total. The summed E-state index contributed by atoms with van der Waals surface area (Å²) in [4.78, 5) is 10.0. The number of nitrogens with zero attached hydrogens (tertiary/aromatic N) is 5. The Labute approximate surface area is 100.0 Å². The summed E-state index contributed by atoms with van der Waals surface area (Å²) in [5, 5.41) is 12.1. The van der Waals surface area contributed by atoms with Crippen LogP contribution < -0.4 is 0 Å². The normalized spacial score (nSPS) is 15.8. The minimum absolute atomic E-state index is 0.322. The van der Waals surface area contributed by atoms with Crippen LogP contribution in [-0.4, -0.2) is 61.7 Å². The van der Waals surface area contributed by atoms with Crippen LogP contribution in [0.15, 0.2) is 5.16 Å². The fourth-order valence-electron chi connectivity index (χ4n) is 1.33. The lowest BCUT2D eigenvalue weighted by Gasteiger charge is -2.20. The van der Waals surface area contributed by atoms with Crippen LogP contribution in [0.2, 0.25) is 0 Å².